The van der Waals surface area contributed by atoms with Crippen molar-refractivity contribution in [2.75, 3.05) is 19.8 Å². The zero-order valence-electron chi connectivity index (χ0n) is 34.3. The summed E-state index contributed by atoms with van der Waals surface area (Å²) in [6.45, 7) is -2.78. The van der Waals surface area contributed by atoms with Gasteiger partial charge in [0.05, 0.1) is 13.2 Å². The van der Waals surface area contributed by atoms with Gasteiger partial charge < -0.3 is 114 Å². The van der Waals surface area contributed by atoms with Gasteiger partial charge in [0.15, 0.2) is 47.4 Å². The van der Waals surface area contributed by atoms with Crippen LogP contribution in [0.5, 0.6) is 40.2 Å². The Kier molecular flexibility index (Phi) is 14.7. The largest absolute Gasteiger partial charge is 0.508 e. The number of phenolic OH excluding ortho intramolecular Hbond substituents is 6. The third kappa shape index (κ3) is 10.1. The van der Waals surface area contributed by atoms with Crippen molar-refractivity contribution in [2.24, 2.45) is 0 Å². The number of hydrogen-bond donors (Lipinski definition) is 15. The summed E-state index contributed by atoms with van der Waals surface area (Å²) in [6.07, 6.45) is -28.0. The number of rotatable bonds is 13. The summed E-state index contributed by atoms with van der Waals surface area (Å²) in [7, 11) is 0. The topological polar surface area (TPSA) is 415 Å². The molecule has 15 N–H and O–H groups in total. The fraction of sp³-hybridized carbons (Fsp3) is 0.429. The SMILES string of the molecule is O=C(/C=C/c1ccc(O)c(O)c1)OC[C@H]1O[C@@H](O[C@H]2[C@H](O[C@H]3[C@H](Oc4c(-c5ccc(O)c(O)c5)oc5cc(O)cc(O)c5c4=O)O[C@H](CO)[C@@H](O)[C@@H]3O)O[C@H](CO)[C@@H](O)[C@@H]2O)[C@H](O)[C@@H](O)[C@@H]1O. The average Bonchev–Trinajstić information content (AvgIpc) is 3.29. The van der Waals surface area contributed by atoms with Gasteiger partial charge in [0.1, 0.15) is 96.2 Å². The quantitative estimate of drug-likeness (QED) is 0.0356. The van der Waals surface area contributed by atoms with E-state index in [4.69, 9.17) is 37.6 Å². The van der Waals surface area contributed by atoms with E-state index < -0.39 is 180 Å². The van der Waals surface area contributed by atoms with E-state index in [1.807, 2.05) is 0 Å². The maximum Gasteiger partial charge on any atom is 0.330 e. The molecule has 1 aromatic heterocycles. The fourth-order valence-electron chi connectivity index (χ4n) is 7.45. The van der Waals surface area contributed by atoms with Crippen molar-refractivity contribution in [1.29, 1.82) is 0 Å². The van der Waals surface area contributed by atoms with E-state index in [1.54, 1.807) is 0 Å². The molecule has 4 heterocycles. The molecule has 3 fully saturated rings. The van der Waals surface area contributed by atoms with Crippen molar-refractivity contribution in [3.63, 3.8) is 0 Å². The van der Waals surface area contributed by atoms with Gasteiger partial charge in [-0.15, -0.1) is 0 Å². The number of hydrogen-bond acceptors (Lipinski definition) is 25. The zero-order valence-corrected chi connectivity index (χ0v) is 34.3. The number of carbonyl (C=O) groups is 1. The molecule has 3 aliphatic rings. The van der Waals surface area contributed by atoms with Crippen LogP contribution >= 0.6 is 0 Å². The molecule has 3 aliphatic heterocycles. The molecule has 3 saturated heterocycles. The number of aliphatic hydroxyl groups is 9. The van der Waals surface area contributed by atoms with E-state index in [0.29, 0.717) is 0 Å². The van der Waals surface area contributed by atoms with Gasteiger partial charge >= 0.3 is 5.97 Å². The standard InChI is InChI=1S/C42H46O25/c43-11-23-29(53)34(58)39(41(62-23)65-37-31(55)27-21(50)9-16(45)10-22(27)61-36(37)15-3-5-18(47)20(49)8-15)67-42-38(33(57)28(52)24(12-44)63-42)66-40-35(59)32(56)30(54)25(64-40)13-60-26(51)6-2-14-1-4-17(46)19(48)7-14/h1-10,23-25,28-30,32-35,38-50,52-54,56-59H,11-13H2/b6-2+/t23-,24-,25-,28-,29-,30-,32+,33+,34+,35-,38-,39-,40+,41+,42+/m1/s1. The number of benzene rings is 3. The Morgan fingerprint density at radius 3 is 1.79 bits per heavy atom. The number of ether oxygens (including phenoxy) is 7. The molecule has 67 heavy (non-hydrogen) atoms. The van der Waals surface area contributed by atoms with Gasteiger partial charge in [-0.25, -0.2) is 4.79 Å². The number of phenols is 6. The molecule has 0 amide bonds. The number of carbonyl (C=O) groups excluding carboxylic acids is 1. The van der Waals surface area contributed by atoms with E-state index in [2.05, 4.69) is 0 Å². The highest BCUT2D eigenvalue weighted by atomic mass is 16.8. The average molecular weight is 951 g/mol. The third-order valence-electron chi connectivity index (χ3n) is 11.1. The van der Waals surface area contributed by atoms with Gasteiger partial charge in [-0.1, -0.05) is 6.07 Å². The Labute approximate surface area is 375 Å². The minimum Gasteiger partial charge on any atom is -0.508 e. The van der Waals surface area contributed by atoms with Crippen LogP contribution in [0.25, 0.3) is 28.4 Å². The van der Waals surface area contributed by atoms with Gasteiger partial charge in [0, 0.05) is 23.8 Å². The molecule has 4 aromatic rings. The second-order valence-corrected chi connectivity index (χ2v) is 15.6. The Morgan fingerprint density at radius 2 is 1.16 bits per heavy atom. The first kappa shape index (κ1) is 49.0. The van der Waals surface area contributed by atoms with Gasteiger partial charge in [0.2, 0.25) is 17.5 Å². The van der Waals surface area contributed by atoms with Crippen molar-refractivity contribution in [1.82, 2.24) is 0 Å². The molecule has 0 aliphatic carbocycles. The number of aliphatic hydroxyl groups excluding tert-OH is 9. The second-order valence-electron chi connectivity index (χ2n) is 15.6. The van der Waals surface area contributed by atoms with Crippen LogP contribution in [0, 0.1) is 0 Å². The lowest BCUT2D eigenvalue weighted by atomic mass is 9.96. The van der Waals surface area contributed by atoms with Crippen LogP contribution in [0.1, 0.15) is 5.56 Å². The highest BCUT2D eigenvalue weighted by Gasteiger charge is 2.55. The molecule has 3 aromatic carbocycles. The molecule has 364 valence electrons. The summed E-state index contributed by atoms with van der Waals surface area (Å²) in [4.78, 5) is 26.7. The van der Waals surface area contributed by atoms with Crippen LogP contribution < -0.4 is 10.2 Å². The van der Waals surface area contributed by atoms with Gasteiger partial charge in [-0.05, 0) is 42.0 Å². The Hall–Kier alpha value is -5.88. The minimum atomic E-state index is -2.18. The predicted octanol–water partition coefficient (Wildman–Crippen LogP) is -3.21. The van der Waals surface area contributed by atoms with E-state index in [-0.39, 0.29) is 11.1 Å². The normalized spacial score (nSPS) is 32.3. The van der Waals surface area contributed by atoms with E-state index >= 15 is 0 Å². The van der Waals surface area contributed by atoms with Crippen molar-refractivity contribution >= 4 is 23.0 Å². The van der Waals surface area contributed by atoms with Gasteiger partial charge in [-0.3, -0.25) is 4.79 Å². The van der Waals surface area contributed by atoms with Crippen molar-refractivity contribution in [2.45, 2.75) is 92.1 Å². The van der Waals surface area contributed by atoms with Crippen molar-refractivity contribution in [3.05, 3.63) is 70.4 Å². The Bertz CT molecular complexity index is 2490. The number of fused-ring (bicyclic) bond motifs is 1. The monoisotopic (exact) mass is 950 g/mol. The number of aromatic hydroxyl groups is 6. The molecule has 0 saturated carbocycles. The molecular formula is C42H46O25. The van der Waals surface area contributed by atoms with Crippen molar-refractivity contribution in [3.8, 4) is 51.6 Å². The lowest BCUT2D eigenvalue weighted by molar-refractivity contribution is -0.389. The Morgan fingerprint density at radius 1 is 0.597 bits per heavy atom. The molecule has 0 spiro atoms. The highest BCUT2D eigenvalue weighted by molar-refractivity contribution is 5.88. The number of esters is 1. The summed E-state index contributed by atoms with van der Waals surface area (Å²) in [6, 6.07) is 8.53. The van der Waals surface area contributed by atoms with Crippen LogP contribution in [-0.2, 0) is 33.2 Å². The van der Waals surface area contributed by atoms with Crippen LogP contribution in [0.4, 0.5) is 0 Å². The summed E-state index contributed by atoms with van der Waals surface area (Å²) in [5.41, 5.74) is -1.47. The second kappa shape index (κ2) is 20.1. The summed E-state index contributed by atoms with van der Waals surface area (Å²) >= 11 is 0. The molecule has 7 rings (SSSR count). The summed E-state index contributed by atoms with van der Waals surface area (Å²) in [5.74, 6) is -5.95. The van der Waals surface area contributed by atoms with Gasteiger partial charge in [-0.2, -0.15) is 0 Å². The molecule has 0 bridgehead atoms. The van der Waals surface area contributed by atoms with Crippen LogP contribution in [-0.4, -0.2) is 195 Å². The maximum atomic E-state index is 14.2. The smallest absolute Gasteiger partial charge is 0.330 e. The van der Waals surface area contributed by atoms with Crippen LogP contribution in [0.2, 0.25) is 0 Å². The van der Waals surface area contributed by atoms with E-state index in [1.165, 1.54) is 12.1 Å². The highest BCUT2D eigenvalue weighted by Crippen LogP contribution is 2.41. The zero-order chi connectivity index (χ0) is 48.6. The lowest BCUT2D eigenvalue weighted by Gasteiger charge is -2.48. The van der Waals surface area contributed by atoms with Gasteiger partial charge in [0.25, 0.3) is 0 Å². The summed E-state index contributed by atoms with van der Waals surface area (Å²) < 4.78 is 45.8. The molecule has 25 heteroatoms. The summed E-state index contributed by atoms with van der Waals surface area (Å²) in [5, 5.41) is 157. The molecule has 0 unspecified atom stereocenters. The predicted molar refractivity (Wildman–Crippen MR) is 217 cm³/mol. The first-order valence-corrected chi connectivity index (χ1v) is 20.2. The minimum absolute atomic E-state index is 0.162. The first-order chi connectivity index (χ1) is 31.8. The maximum absolute atomic E-state index is 14.2. The first-order valence-electron chi connectivity index (χ1n) is 20.2. The fourth-order valence-corrected chi connectivity index (χ4v) is 7.45. The van der Waals surface area contributed by atoms with Crippen LogP contribution in [0.3, 0.4) is 0 Å². The third-order valence-corrected chi connectivity index (χ3v) is 11.1. The molecule has 15 atom stereocenters. The Balaban J connectivity index is 1.18. The molecular weight excluding hydrogens is 904 g/mol. The van der Waals surface area contributed by atoms with Crippen LogP contribution in [0.15, 0.2) is 63.8 Å². The molecule has 0 radical (unpaired) electrons. The lowest BCUT2D eigenvalue weighted by Crippen LogP contribution is -2.67. The van der Waals surface area contributed by atoms with E-state index in [9.17, 15) is 86.2 Å². The molecule has 25 nitrogen and oxygen atoms in total. The van der Waals surface area contributed by atoms with Crippen molar-refractivity contribution < 1.29 is 119 Å². The van der Waals surface area contributed by atoms with E-state index in [0.717, 1.165) is 48.5 Å².